The normalized spacial score (nSPS) is 18.5. The minimum absolute atomic E-state index is 0.0203. The molecule has 3 rings (SSSR count). The summed E-state index contributed by atoms with van der Waals surface area (Å²) in [5, 5.41) is 11.2. The molecular formula is C24H29N3O5S. The fraction of sp³-hybridized carbons (Fsp3) is 0.333. The van der Waals surface area contributed by atoms with Gasteiger partial charge in [-0.15, -0.1) is 0 Å². The first-order valence-corrected chi connectivity index (χ1v) is 12.0. The van der Waals surface area contributed by atoms with Crippen LogP contribution in [0.15, 0.2) is 65.1 Å². The van der Waals surface area contributed by atoms with Crippen LogP contribution >= 0.6 is 0 Å². The SMILES string of the molecule is CN(C)CCCN1C(=O)C(=O)C(=C(O)c2cccc(S(=O)(=O)N(C)C)c2)[C@H]1c1ccccc1. The lowest BCUT2D eigenvalue weighted by Crippen LogP contribution is -2.32. The fourth-order valence-corrected chi connectivity index (χ4v) is 4.77. The van der Waals surface area contributed by atoms with Crippen LogP contribution in [0.1, 0.15) is 23.6 Å². The number of aliphatic hydroxyl groups is 1. The average molecular weight is 472 g/mol. The van der Waals surface area contributed by atoms with Gasteiger partial charge in [-0.05, 0) is 44.8 Å². The summed E-state index contributed by atoms with van der Waals surface area (Å²) < 4.78 is 26.2. The number of hydrogen-bond donors (Lipinski definition) is 1. The van der Waals surface area contributed by atoms with E-state index in [9.17, 15) is 23.1 Å². The highest BCUT2D eigenvalue weighted by Crippen LogP contribution is 2.39. The summed E-state index contributed by atoms with van der Waals surface area (Å²) in [6.07, 6.45) is 0.653. The van der Waals surface area contributed by atoms with Crippen LogP contribution in [-0.2, 0) is 19.6 Å². The zero-order valence-corrected chi connectivity index (χ0v) is 20.0. The molecule has 0 aromatic heterocycles. The summed E-state index contributed by atoms with van der Waals surface area (Å²) in [6, 6.07) is 14.0. The Kier molecular flexibility index (Phi) is 7.36. The van der Waals surface area contributed by atoms with E-state index < -0.39 is 33.5 Å². The van der Waals surface area contributed by atoms with Crippen molar-refractivity contribution in [3.63, 3.8) is 0 Å². The van der Waals surface area contributed by atoms with E-state index in [0.717, 1.165) is 10.8 Å². The second-order valence-corrected chi connectivity index (χ2v) is 10.5. The van der Waals surface area contributed by atoms with Crippen LogP contribution in [0.2, 0.25) is 0 Å². The highest BCUT2D eigenvalue weighted by Gasteiger charge is 2.45. The van der Waals surface area contributed by atoms with Crippen LogP contribution in [0, 0.1) is 0 Å². The van der Waals surface area contributed by atoms with Gasteiger partial charge in [0.05, 0.1) is 16.5 Å². The number of sulfonamides is 1. The van der Waals surface area contributed by atoms with Gasteiger partial charge in [-0.2, -0.15) is 0 Å². The molecule has 0 radical (unpaired) electrons. The predicted molar refractivity (Wildman–Crippen MR) is 126 cm³/mol. The van der Waals surface area contributed by atoms with Crippen LogP contribution in [-0.4, -0.2) is 80.6 Å². The molecule has 1 aliphatic rings. The number of benzene rings is 2. The first-order valence-electron chi connectivity index (χ1n) is 10.6. The lowest BCUT2D eigenvalue weighted by atomic mass is 9.95. The second-order valence-electron chi connectivity index (χ2n) is 8.38. The topological polar surface area (TPSA) is 98.2 Å². The maximum atomic E-state index is 13.1. The first-order chi connectivity index (χ1) is 15.6. The number of amides is 1. The van der Waals surface area contributed by atoms with Crippen molar-refractivity contribution in [3.05, 3.63) is 71.3 Å². The molecule has 0 unspecified atom stereocenters. The maximum Gasteiger partial charge on any atom is 0.295 e. The standard InChI is InChI=1S/C24H29N3O5S/c1-25(2)14-9-15-27-21(17-10-6-5-7-11-17)20(23(29)24(27)30)22(28)18-12-8-13-19(16-18)33(31,32)26(3)4/h5-8,10-13,16,21,28H,9,14-15H2,1-4H3/t21-/m1/s1. The Morgan fingerprint density at radius 1 is 1.00 bits per heavy atom. The average Bonchev–Trinajstić information content (AvgIpc) is 3.04. The van der Waals surface area contributed by atoms with E-state index in [4.69, 9.17) is 0 Å². The number of Topliss-reactive ketones (excluding diaryl/α,β-unsaturated/α-hetero) is 1. The highest BCUT2D eigenvalue weighted by atomic mass is 32.2. The number of likely N-dealkylation sites (tertiary alicyclic amines) is 1. The summed E-state index contributed by atoms with van der Waals surface area (Å²) in [5.74, 6) is -1.86. The number of nitrogens with zero attached hydrogens (tertiary/aromatic N) is 3. The quantitative estimate of drug-likeness (QED) is 0.360. The van der Waals surface area contributed by atoms with Crippen LogP contribution in [0.4, 0.5) is 0 Å². The van der Waals surface area contributed by atoms with Crippen molar-refractivity contribution in [2.24, 2.45) is 0 Å². The Bertz CT molecular complexity index is 1170. The van der Waals surface area contributed by atoms with E-state index in [1.54, 1.807) is 24.3 Å². The van der Waals surface area contributed by atoms with Crippen LogP contribution < -0.4 is 0 Å². The van der Waals surface area contributed by atoms with E-state index in [1.807, 2.05) is 25.1 Å². The van der Waals surface area contributed by atoms with Gasteiger partial charge in [0.1, 0.15) is 5.76 Å². The van der Waals surface area contributed by atoms with Gasteiger partial charge in [-0.25, -0.2) is 12.7 Å². The van der Waals surface area contributed by atoms with Crippen molar-refractivity contribution < 1.29 is 23.1 Å². The summed E-state index contributed by atoms with van der Waals surface area (Å²) >= 11 is 0. The van der Waals surface area contributed by atoms with Gasteiger partial charge in [0.15, 0.2) is 0 Å². The van der Waals surface area contributed by atoms with Crippen molar-refractivity contribution in [1.29, 1.82) is 0 Å². The number of carbonyl (C=O) groups excluding carboxylic acids is 2. The van der Waals surface area contributed by atoms with Crippen molar-refractivity contribution in [3.8, 4) is 0 Å². The summed E-state index contributed by atoms with van der Waals surface area (Å²) in [5.41, 5.74) is 0.806. The molecule has 8 nitrogen and oxygen atoms in total. The number of hydrogen-bond acceptors (Lipinski definition) is 6. The predicted octanol–water partition coefficient (Wildman–Crippen LogP) is 2.31. The zero-order valence-electron chi connectivity index (χ0n) is 19.2. The number of rotatable bonds is 8. The van der Waals surface area contributed by atoms with Crippen molar-refractivity contribution >= 4 is 27.5 Å². The lowest BCUT2D eigenvalue weighted by molar-refractivity contribution is -0.139. The van der Waals surface area contributed by atoms with E-state index in [-0.39, 0.29) is 16.0 Å². The molecule has 0 bridgehead atoms. The summed E-state index contributed by atoms with van der Waals surface area (Å²) in [6.45, 7) is 1.07. The molecule has 0 saturated carbocycles. The molecule has 1 amide bonds. The third-order valence-corrected chi connectivity index (χ3v) is 7.36. The minimum atomic E-state index is -3.74. The van der Waals surface area contributed by atoms with Crippen LogP contribution in [0.25, 0.3) is 5.76 Å². The Morgan fingerprint density at radius 2 is 1.67 bits per heavy atom. The minimum Gasteiger partial charge on any atom is -0.507 e. The summed E-state index contributed by atoms with van der Waals surface area (Å²) in [4.78, 5) is 29.4. The van der Waals surface area contributed by atoms with Gasteiger partial charge >= 0.3 is 0 Å². The fourth-order valence-electron chi connectivity index (χ4n) is 3.82. The Balaban J connectivity index is 2.12. The van der Waals surface area contributed by atoms with E-state index in [1.165, 1.54) is 43.3 Å². The van der Waals surface area contributed by atoms with Gasteiger partial charge in [0.2, 0.25) is 10.0 Å². The maximum absolute atomic E-state index is 13.1. The Hall–Kier alpha value is -3.01. The molecule has 176 valence electrons. The highest BCUT2D eigenvalue weighted by molar-refractivity contribution is 7.89. The van der Waals surface area contributed by atoms with Gasteiger partial charge in [-0.1, -0.05) is 42.5 Å². The largest absolute Gasteiger partial charge is 0.507 e. The van der Waals surface area contributed by atoms with Gasteiger partial charge in [0.25, 0.3) is 11.7 Å². The van der Waals surface area contributed by atoms with E-state index in [0.29, 0.717) is 18.5 Å². The molecule has 1 N–H and O–H groups in total. The Morgan fingerprint density at radius 3 is 2.27 bits per heavy atom. The molecule has 0 spiro atoms. The van der Waals surface area contributed by atoms with Crippen molar-refractivity contribution in [2.75, 3.05) is 41.3 Å². The zero-order chi connectivity index (χ0) is 24.3. The molecule has 1 atom stereocenters. The second kappa shape index (κ2) is 9.86. The molecule has 1 aliphatic heterocycles. The van der Waals surface area contributed by atoms with Gasteiger partial charge < -0.3 is 14.9 Å². The molecule has 0 aliphatic carbocycles. The van der Waals surface area contributed by atoms with Crippen molar-refractivity contribution in [1.82, 2.24) is 14.1 Å². The number of carbonyl (C=O) groups is 2. The monoisotopic (exact) mass is 471 g/mol. The van der Waals surface area contributed by atoms with Crippen LogP contribution in [0.5, 0.6) is 0 Å². The third-order valence-electron chi connectivity index (χ3n) is 5.55. The molecule has 1 heterocycles. The number of aliphatic hydroxyl groups excluding tert-OH is 1. The summed E-state index contributed by atoms with van der Waals surface area (Å²) in [7, 11) is 2.94. The molecule has 1 fully saturated rings. The van der Waals surface area contributed by atoms with Gasteiger partial charge in [0, 0.05) is 26.2 Å². The lowest BCUT2D eigenvalue weighted by Gasteiger charge is -2.26. The Labute approximate surface area is 194 Å². The van der Waals surface area contributed by atoms with E-state index in [2.05, 4.69) is 0 Å². The molecule has 33 heavy (non-hydrogen) atoms. The van der Waals surface area contributed by atoms with Crippen LogP contribution in [0.3, 0.4) is 0 Å². The first kappa shape index (κ1) is 24.6. The molecular weight excluding hydrogens is 442 g/mol. The smallest absolute Gasteiger partial charge is 0.295 e. The number of ketones is 1. The molecule has 1 saturated heterocycles. The van der Waals surface area contributed by atoms with E-state index >= 15 is 0 Å². The van der Waals surface area contributed by atoms with Crippen molar-refractivity contribution in [2.45, 2.75) is 17.4 Å². The third kappa shape index (κ3) is 5.00. The molecule has 9 heteroatoms. The molecule has 2 aromatic rings. The van der Waals surface area contributed by atoms with Gasteiger partial charge in [-0.3, -0.25) is 9.59 Å². The molecule has 2 aromatic carbocycles.